The van der Waals surface area contributed by atoms with E-state index in [0.29, 0.717) is 0 Å². The molecule has 0 aromatic heterocycles. The molecule has 0 aliphatic carbocycles. The van der Waals surface area contributed by atoms with Crippen LogP contribution in [0, 0.1) is 6.92 Å². The average Bonchev–Trinajstić information content (AvgIpc) is 2.62. The van der Waals surface area contributed by atoms with Crippen LogP contribution in [0.3, 0.4) is 0 Å². The number of rotatable bonds is 5. The molecule has 0 bridgehead atoms. The zero-order valence-corrected chi connectivity index (χ0v) is 14.0. The summed E-state index contributed by atoms with van der Waals surface area (Å²) < 4.78 is 5.75. The van der Waals surface area contributed by atoms with Crippen molar-refractivity contribution in [2.24, 2.45) is 0 Å². The molecule has 2 aromatic carbocycles. The van der Waals surface area contributed by atoms with Gasteiger partial charge in [0.05, 0.1) is 12.0 Å². The lowest BCUT2D eigenvalue weighted by Crippen LogP contribution is -2.45. The van der Waals surface area contributed by atoms with Crippen molar-refractivity contribution in [1.82, 2.24) is 4.90 Å². The molecule has 2 aromatic rings. The van der Waals surface area contributed by atoms with Crippen molar-refractivity contribution in [1.29, 1.82) is 0 Å². The zero-order chi connectivity index (χ0) is 16.1. The fourth-order valence-electron chi connectivity index (χ4n) is 2.49. The molecule has 120 valence electrons. The highest BCUT2D eigenvalue weighted by Gasteiger charge is 2.15. The highest BCUT2D eigenvalue weighted by Crippen LogP contribution is 2.26. The summed E-state index contributed by atoms with van der Waals surface area (Å²) in [5.74, 6) is 0.839. The molecule has 0 unspecified atom stereocenters. The summed E-state index contributed by atoms with van der Waals surface area (Å²) >= 11 is 1.37. The van der Waals surface area contributed by atoms with Crippen LogP contribution in [-0.2, 0) is 4.79 Å². The number of hydrogen-bond donors (Lipinski definition) is 0. The Labute approximate surface area is 141 Å². The van der Waals surface area contributed by atoms with Crippen LogP contribution in [0.4, 0.5) is 5.69 Å². The maximum absolute atomic E-state index is 10.7. The quantitative estimate of drug-likeness (QED) is 0.622. The smallest absolute Gasteiger partial charge is 0.209 e. The van der Waals surface area contributed by atoms with E-state index < -0.39 is 0 Å². The van der Waals surface area contributed by atoms with Crippen LogP contribution < -0.4 is 9.08 Å². The van der Waals surface area contributed by atoms with E-state index >= 15 is 0 Å². The summed E-state index contributed by atoms with van der Waals surface area (Å²) in [6.45, 7) is 5.38. The van der Waals surface area contributed by atoms with Crippen molar-refractivity contribution >= 4 is 24.1 Å². The Kier molecular flexibility index (Phi) is 5.08. The number of amides is 1. The van der Waals surface area contributed by atoms with E-state index in [-0.39, 0.29) is 0 Å². The van der Waals surface area contributed by atoms with Crippen LogP contribution in [0.5, 0.6) is 5.75 Å². The van der Waals surface area contributed by atoms with E-state index in [2.05, 4.69) is 48.2 Å². The van der Waals surface area contributed by atoms with Gasteiger partial charge in [0, 0.05) is 36.8 Å². The van der Waals surface area contributed by atoms with Gasteiger partial charge in [0.25, 0.3) is 0 Å². The molecule has 1 aliphatic rings. The molecule has 1 heterocycles. The van der Waals surface area contributed by atoms with Gasteiger partial charge in [-0.15, -0.1) is 0 Å². The average molecular weight is 328 g/mol. The Bertz CT molecular complexity index is 635. The van der Waals surface area contributed by atoms with Crippen molar-refractivity contribution in [3.05, 3.63) is 54.1 Å². The third kappa shape index (κ3) is 4.20. The normalized spacial score (nSPS) is 14.7. The standard InChI is InChI=1S/C18H20N2O2S/c1-15-2-8-18(9-3-15)23-22-17-6-4-16(5-7-17)20-12-10-19(14-21)11-13-20/h2-9,14H,10-13H2,1H3. The minimum atomic E-state index is 0.783. The van der Waals surface area contributed by atoms with Crippen molar-refractivity contribution in [2.45, 2.75) is 11.8 Å². The number of aryl methyl sites for hydroxylation is 1. The first kappa shape index (κ1) is 15.7. The van der Waals surface area contributed by atoms with Crippen molar-refractivity contribution in [3.8, 4) is 5.75 Å². The topological polar surface area (TPSA) is 32.8 Å². The summed E-state index contributed by atoms with van der Waals surface area (Å²) in [5.41, 5.74) is 2.41. The number of piperazine rings is 1. The lowest BCUT2D eigenvalue weighted by molar-refractivity contribution is -0.118. The summed E-state index contributed by atoms with van der Waals surface area (Å²) in [4.78, 5) is 15.9. The molecule has 0 atom stereocenters. The molecule has 4 nitrogen and oxygen atoms in total. The van der Waals surface area contributed by atoms with Crippen LogP contribution in [-0.4, -0.2) is 37.5 Å². The van der Waals surface area contributed by atoms with E-state index in [4.69, 9.17) is 4.18 Å². The molecule has 1 amide bonds. The number of nitrogens with zero attached hydrogens (tertiary/aromatic N) is 2. The SMILES string of the molecule is Cc1ccc(SOc2ccc(N3CCN(C=O)CC3)cc2)cc1. The van der Waals surface area contributed by atoms with Gasteiger partial charge in [-0.3, -0.25) is 4.79 Å². The summed E-state index contributed by atoms with van der Waals surface area (Å²) in [5, 5.41) is 0. The molecule has 3 rings (SSSR count). The molecule has 0 spiro atoms. The fraction of sp³-hybridized carbons (Fsp3) is 0.278. The third-order valence-corrected chi connectivity index (χ3v) is 4.66. The van der Waals surface area contributed by atoms with Crippen LogP contribution >= 0.6 is 12.0 Å². The fourth-order valence-corrected chi connectivity index (χ4v) is 3.04. The first-order valence-electron chi connectivity index (χ1n) is 7.70. The Balaban J connectivity index is 1.55. The second kappa shape index (κ2) is 7.42. The Morgan fingerprint density at radius 1 is 0.957 bits per heavy atom. The number of benzene rings is 2. The van der Waals surface area contributed by atoms with Gasteiger partial charge in [0.15, 0.2) is 0 Å². The molecule has 0 radical (unpaired) electrons. The van der Waals surface area contributed by atoms with Gasteiger partial charge in [-0.1, -0.05) is 17.7 Å². The summed E-state index contributed by atoms with van der Waals surface area (Å²) in [7, 11) is 0. The van der Waals surface area contributed by atoms with Crippen molar-refractivity contribution in [2.75, 3.05) is 31.1 Å². The van der Waals surface area contributed by atoms with Crippen LogP contribution in [0.1, 0.15) is 5.56 Å². The van der Waals surface area contributed by atoms with Gasteiger partial charge in [-0.2, -0.15) is 0 Å². The summed E-state index contributed by atoms with van der Waals surface area (Å²) in [6, 6.07) is 16.4. The van der Waals surface area contributed by atoms with Gasteiger partial charge >= 0.3 is 0 Å². The van der Waals surface area contributed by atoms with Gasteiger partial charge in [-0.25, -0.2) is 0 Å². The maximum Gasteiger partial charge on any atom is 0.209 e. The molecular formula is C18H20N2O2S. The predicted molar refractivity (Wildman–Crippen MR) is 94.0 cm³/mol. The number of carbonyl (C=O) groups is 1. The van der Waals surface area contributed by atoms with Gasteiger partial charge in [0.2, 0.25) is 6.41 Å². The van der Waals surface area contributed by atoms with Crippen LogP contribution in [0.25, 0.3) is 0 Å². The van der Waals surface area contributed by atoms with E-state index in [1.165, 1.54) is 23.3 Å². The first-order valence-corrected chi connectivity index (χ1v) is 8.44. The molecule has 1 saturated heterocycles. The number of carbonyl (C=O) groups excluding carboxylic acids is 1. The van der Waals surface area contributed by atoms with Crippen LogP contribution in [0.2, 0.25) is 0 Å². The maximum atomic E-state index is 10.7. The van der Waals surface area contributed by atoms with E-state index in [9.17, 15) is 4.79 Å². The van der Waals surface area contributed by atoms with E-state index in [1.807, 2.05) is 17.0 Å². The minimum Gasteiger partial charge on any atom is -0.421 e. The van der Waals surface area contributed by atoms with E-state index in [0.717, 1.165) is 43.2 Å². The van der Waals surface area contributed by atoms with Crippen molar-refractivity contribution in [3.63, 3.8) is 0 Å². The molecule has 0 N–H and O–H groups in total. The highest BCUT2D eigenvalue weighted by molar-refractivity contribution is 7.95. The number of hydrogen-bond acceptors (Lipinski definition) is 4. The summed E-state index contributed by atoms with van der Waals surface area (Å²) in [6.07, 6.45) is 0.927. The molecule has 0 saturated carbocycles. The molecule has 1 fully saturated rings. The number of anilines is 1. The van der Waals surface area contributed by atoms with Gasteiger partial charge in [-0.05, 0) is 43.3 Å². The molecule has 5 heteroatoms. The monoisotopic (exact) mass is 328 g/mol. The second-order valence-corrected chi connectivity index (χ2v) is 6.41. The second-order valence-electron chi connectivity index (χ2n) is 5.60. The predicted octanol–water partition coefficient (Wildman–Crippen LogP) is 3.36. The van der Waals surface area contributed by atoms with E-state index in [1.54, 1.807) is 0 Å². The molecule has 23 heavy (non-hydrogen) atoms. The molecule has 1 aliphatic heterocycles. The van der Waals surface area contributed by atoms with Gasteiger partial charge < -0.3 is 14.0 Å². The minimum absolute atomic E-state index is 0.783. The van der Waals surface area contributed by atoms with Crippen LogP contribution in [0.15, 0.2) is 53.4 Å². The lowest BCUT2D eigenvalue weighted by Gasteiger charge is -2.34. The Morgan fingerprint density at radius 3 is 2.22 bits per heavy atom. The first-order chi connectivity index (χ1) is 11.2. The zero-order valence-electron chi connectivity index (χ0n) is 13.1. The Morgan fingerprint density at radius 2 is 1.61 bits per heavy atom. The Hall–Kier alpha value is -2.14. The van der Waals surface area contributed by atoms with Crippen molar-refractivity contribution < 1.29 is 8.98 Å². The molecular weight excluding hydrogens is 308 g/mol. The lowest BCUT2D eigenvalue weighted by atomic mass is 10.2. The third-order valence-electron chi connectivity index (χ3n) is 3.92. The highest BCUT2D eigenvalue weighted by atomic mass is 32.2. The largest absolute Gasteiger partial charge is 0.421 e. The van der Waals surface area contributed by atoms with Gasteiger partial charge in [0.1, 0.15) is 5.75 Å².